The fourth-order valence-electron chi connectivity index (χ4n) is 3.02. The van der Waals surface area contributed by atoms with Gasteiger partial charge < -0.3 is 0 Å². The molecule has 0 aliphatic heterocycles. The lowest BCUT2D eigenvalue weighted by atomic mass is 9.93. The van der Waals surface area contributed by atoms with Crippen LogP contribution in [-0.4, -0.2) is 5.75 Å². The fraction of sp³-hybridized carbons (Fsp3) is 0.333. The summed E-state index contributed by atoms with van der Waals surface area (Å²) in [5, 5.41) is 0. The predicted molar refractivity (Wildman–Crippen MR) is 119 cm³/mol. The highest BCUT2D eigenvalue weighted by Crippen LogP contribution is 2.33. The van der Waals surface area contributed by atoms with Crippen molar-refractivity contribution in [2.24, 2.45) is 11.8 Å². The third-order valence-electron chi connectivity index (χ3n) is 4.79. The van der Waals surface area contributed by atoms with Crippen LogP contribution in [0.15, 0.2) is 86.0 Å². The van der Waals surface area contributed by atoms with Crippen LogP contribution < -0.4 is 4.31 Å². The summed E-state index contributed by atoms with van der Waals surface area (Å²) in [5.74, 6) is 2.28. The topological polar surface area (TPSA) is 3.24 Å². The van der Waals surface area contributed by atoms with Gasteiger partial charge in [-0.3, -0.25) is 4.31 Å². The standard InChI is InChI=1S/C24H31NS/c1-4-21(5-2)17-18-22(6-3)19-20-26-25(23-13-9-7-10-14-23)24-15-11-8-12-16-24/h4,6-16,21-22H,1,3,5,17-20H2,2H3. The van der Waals surface area contributed by atoms with Crippen molar-refractivity contribution < 1.29 is 0 Å². The summed E-state index contributed by atoms with van der Waals surface area (Å²) >= 11 is 1.88. The van der Waals surface area contributed by atoms with Crippen molar-refractivity contribution in [3.63, 3.8) is 0 Å². The monoisotopic (exact) mass is 365 g/mol. The molecule has 2 aromatic rings. The summed E-state index contributed by atoms with van der Waals surface area (Å²) < 4.78 is 2.33. The molecule has 0 fully saturated rings. The van der Waals surface area contributed by atoms with Crippen molar-refractivity contribution >= 4 is 23.3 Å². The zero-order valence-electron chi connectivity index (χ0n) is 15.9. The summed E-state index contributed by atoms with van der Waals surface area (Å²) in [6.45, 7) is 10.2. The number of nitrogens with zero attached hydrogens (tertiary/aromatic N) is 1. The van der Waals surface area contributed by atoms with Crippen LogP contribution in [0.3, 0.4) is 0 Å². The molecule has 26 heavy (non-hydrogen) atoms. The molecular formula is C24H31NS. The molecule has 0 aliphatic carbocycles. The van der Waals surface area contributed by atoms with Crippen LogP contribution in [0.2, 0.25) is 0 Å². The lowest BCUT2D eigenvalue weighted by Crippen LogP contribution is -2.10. The van der Waals surface area contributed by atoms with Crippen molar-refractivity contribution in [2.75, 3.05) is 10.1 Å². The Morgan fingerprint density at radius 3 is 1.77 bits per heavy atom. The Morgan fingerprint density at radius 1 is 0.808 bits per heavy atom. The maximum Gasteiger partial charge on any atom is 0.0525 e. The number of benzene rings is 2. The van der Waals surface area contributed by atoms with Crippen molar-refractivity contribution in [2.45, 2.75) is 32.6 Å². The maximum atomic E-state index is 4.06. The predicted octanol–water partition coefficient (Wildman–Crippen LogP) is 7.66. The minimum atomic E-state index is 0.574. The van der Waals surface area contributed by atoms with E-state index in [2.05, 4.69) is 97.2 Å². The summed E-state index contributed by atoms with van der Waals surface area (Å²) in [5.41, 5.74) is 2.44. The van der Waals surface area contributed by atoms with Crippen molar-refractivity contribution in [3.05, 3.63) is 86.0 Å². The van der Waals surface area contributed by atoms with Crippen LogP contribution >= 0.6 is 11.9 Å². The highest BCUT2D eigenvalue weighted by molar-refractivity contribution is 8.00. The number of anilines is 2. The number of allylic oxidation sites excluding steroid dienone is 2. The van der Waals surface area contributed by atoms with Gasteiger partial charge in [-0.05, 0) is 73.7 Å². The van der Waals surface area contributed by atoms with Crippen LogP contribution in [0.1, 0.15) is 32.6 Å². The third-order valence-corrected chi connectivity index (χ3v) is 5.89. The molecule has 0 amide bonds. The van der Waals surface area contributed by atoms with Crippen LogP contribution in [0, 0.1) is 11.8 Å². The van der Waals surface area contributed by atoms with E-state index < -0.39 is 0 Å². The summed E-state index contributed by atoms with van der Waals surface area (Å²) in [6, 6.07) is 21.2. The molecule has 0 saturated heterocycles. The molecule has 2 unspecified atom stereocenters. The number of hydrogen-bond donors (Lipinski definition) is 0. The van der Waals surface area contributed by atoms with E-state index in [0.29, 0.717) is 11.8 Å². The number of para-hydroxylation sites is 2. The Balaban J connectivity index is 1.94. The van der Waals surface area contributed by atoms with Crippen molar-refractivity contribution in [1.29, 1.82) is 0 Å². The lowest BCUT2D eigenvalue weighted by molar-refractivity contribution is 0.472. The quantitative estimate of drug-likeness (QED) is 0.280. The molecule has 138 valence electrons. The second-order valence-electron chi connectivity index (χ2n) is 6.56. The largest absolute Gasteiger partial charge is 0.285 e. The Bertz CT molecular complexity index is 598. The van der Waals surface area contributed by atoms with E-state index in [1.807, 2.05) is 11.9 Å². The summed E-state index contributed by atoms with van der Waals surface area (Å²) in [7, 11) is 0. The van der Waals surface area contributed by atoms with Gasteiger partial charge in [0.15, 0.2) is 0 Å². The van der Waals surface area contributed by atoms with Crippen molar-refractivity contribution in [3.8, 4) is 0 Å². The molecule has 0 bridgehead atoms. The lowest BCUT2D eigenvalue weighted by Gasteiger charge is -2.24. The van der Waals surface area contributed by atoms with E-state index >= 15 is 0 Å². The normalized spacial score (nSPS) is 13.0. The van der Waals surface area contributed by atoms with Gasteiger partial charge in [-0.15, -0.1) is 13.2 Å². The molecule has 0 N–H and O–H groups in total. The number of hydrogen-bond acceptors (Lipinski definition) is 2. The highest BCUT2D eigenvalue weighted by Gasteiger charge is 2.12. The molecule has 0 spiro atoms. The zero-order chi connectivity index (χ0) is 18.6. The molecule has 2 heteroatoms. The minimum absolute atomic E-state index is 0.574. The van der Waals surface area contributed by atoms with E-state index in [1.165, 1.54) is 30.6 Å². The first-order valence-electron chi connectivity index (χ1n) is 9.56. The van der Waals surface area contributed by atoms with Crippen LogP contribution in [-0.2, 0) is 0 Å². The molecule has 0 aromatic heterocycles. The molecule has 0 saturated carbocycles. The van der Waals surface area contributed by atoms with Gasteiger partial charge in [-0.2, -0.15) is 0 Å². The van der Waals surface area contributed by atoms with E-state index in [1.54, 1.807) is 0 Å². The highest BCUT2D eigenvalue weighted by atomic mass is 32.2. The fourth-order valence-corrected chi connectivity index (χ4v) is 4.15. The van der Waals surface area contributed by atoms with E-state index in [4.69, 9.17) is 0 Å². The first-order valence-corrected chi connectivity index (χ1v) is 10.5. The average Bonchev–Trinajstić information content (AvgIpc) is 2.71. The van der Waals surface area contributed by atoms with Gasteiger partial charge in [0.1, 0.15) is 0 Å². The zero-order valence-corrected chi connectivity index (χ0v) is 16.7. The number of rotatable bonds is 12. The van der Waals surface area contributed by atoms with Gasteiger partial charge in [0.05, 0.1) is 11.4 Å². The van der Waals surface area contributed by atoms with Crippen molar-refractivity contribution in [1.82, 2.24) is 0 Å². The third kappa shape index (κ3) is 6.42. The molecule has 2 atom stereocenters. The molecule has 0 radical (unpaired) electrons. The SMILES string of the molecule is C=CC(CC)CCC(C=C)CCSN(c1ccccc1)c1ccccc1. The van der Waals surface area contributed by atoms with Gasteiger partial charge in [-0.1, -0.05) is 55.5 Å². The molecule has 0 heterocycles. The average molecular weight is 366 g/mol. The smallest absolute Gasteiger partial charge is 0.0525 e. The Hall–Kier alpha value is -1.93. The van der Waals surface area contributed by atoms with Crippen LogP contribution in [0.5, 0.6) is 0 Å². The van der Waals surface area contributed by atoms with Gasteiger partial charge in [0, 0.05) is 5.75 Å². The molecule has 2 aromatic carbocycles. The van der Waals surface area contributed by atoms with E-state index in [9.17, 15) is 0 Å². The Labute approximate surface area is 164 Å². The first-order chi connectivity index (χ1) is 12.8. The molecule has 2 rings (SSSR count). The summed E-state index contributed by atoms with van der Waals surface area (Å²) in [6.07, 6.45) is 8.97. The van der Waals surface area contributed by atoms with E-state index in [-0.39, 0.29) is 0 Å². The Kier molecular flexibility index (Phi) is 9.13. The first kappa shape index (κ1) is 20.4. The maximum absolute atomic E-state index is 4.06. The molecular weight excluding hydrogens is 334 g/mol. The van der Waals surface area contributed by atoms with Crippen LogP contribution in [0.25, 0.3) is 0 Å². The van der Waals surface area contributed by atoms with Gasteiger partial charge in [0.25, 0.3) is 0 Å². The molecule has 0 aliphatic rings. The minimum Gasteiger partial charge on any atom is -0.285 e. The summed E-state index contributed by atoms with van der Waals surface area (Å²) in [4.78, 5) is 0. The van der Waals surface area contributed by atoms with Gasteiger partial charge >= 0.3 is 0 Å². The van der Waals surface area contributed by atoms with Gasteiger partial charge in [-0.25, -0.2) is 0 Å². The van der Waals surface area contributed by atoms with E-state index in [0.717, 1.165) is 12.2 Å². The van der Waals surface area contributed by atoms with Gasteiger partial charge in [0.2, 0.25) is 0 Å². The van der Waals surface area contributed by atoms with Crippen LogP contribution in [0.4, 0.5) is 11.4 Å². The second kappa shape index (κ2) is 11.6. The second-order valence-corrected chi connectivity index (χ2v) is 7.60. The Morgan fingerprint density at radius 2 is 1.31 bits per heavy atom. The molecule has 1 nitrogen and oxygen atoms in total.